The predicted octanol–water partition coefficient (Wildman–Crippen LogP) is 2.27. The van der Waals surface area contributed by atoms with Gasteiger partial charge in [0, 0.05) is 6.54 Å². The molecule has 1 atom stereocenters. The second kappa shape index (κ2) is 5.85. The minimum Gasteiger partial charge on any atom is -0.367 e. The lowest BCUT2D eigenvalue weighted by Gasteiger charge is -2.35. The van der Waals surface area contributed by atoms with Gasteiger partial charge in [-0.25, -0.2) is 8.78 Å². The third-order valence-corrected chi connectivity index (χ3v) is 3.21. The lowest BCUT2D eigenvalue weighted by Crippen LogP contribution is -2.50. The summed E-state index contributed by atoms with van der Waals surface area (Å²) in [7, 11) is 0. The lowest BCUT2D eigenvalue weighted by atomic mass is 10.0. The van der Waals surface area contributed by atoms with Gasteiger partial charge < -0.3 is 9.64 Å². The summed E-state index contributed by atoms with van der Waals surface area (Å²) in [5.41, 5.74) is 1.25. The van der Waals surface area contributed by atoms with Crippen molar-refractivity contribution in [3.05, 3.63) is 35.4 Å². The Morgan fingerprint density at radius 3 is 2.55 bits per heavy atom. The molecule has 1 aliphatic rings. The fourth-order valence-electron chi connectivity index (χ4n) is 2.08. The van der Waals surface area contributed by atoms with Crippen LogP contribution in [0, 0.1) is 22.8 Å². The van der Waals surface area contributed by atoms with Gasteiger partial charge in [0.25, 0.3) is 5.92 Å². The van der Waals surface area contributed by atoms with Crippen molar-refractivity contribution in [3.8, 4) is 12.3 Å². The van der Waals surface area contributed by atoms with Crippen LogP contribution in [0.1, 0.15) is 17.5 Å². The fraction of sp³-hybridized carbons (Fsp3) is 0.429. The Bertz CT molecular complexity index is 545. The number of nitrogens with zero attached hydrogens (tertiary/aromatic N) is 3. The van der Waals surface area contributed by atoms with E-state index in [9.17, 15) is 8.78 Å². The van der Waals surface area contributed by atoms with Gasteiger partial charge in [0.05, 0.1) is 24.8 Å². The molecule has 104 valence electrons. The molecule has 0 amide bonds. The molecule has 1 unspecified atom stereocenters. The Morgan fingerprint density at radius 2 is 2.00 bits per heavy atom. The van der Waals surface area contributed by atoms with Crippen LogP contribution in [-0.4, -0.2) is 30.0 Å². The standard InChI is InChI=1S/C14H13F2N3O/c15-14(16)9-19(10-18)6-5-13(14)20-8-12-3-1-11(7-17)2-4-12/h1-4,13H,5-6,8-9H2. The molecule has 2 rings (SSSR count). The van der Waals surface area contributed by atoms with Gasteiger partial charge in [-0.05, 0) is 24.1 Å². The number of alkyl halides is 2. The maximum Gasteiger partial charge on any atom is 0.291 e. The van der Waals surface area contributed by atoms with Gasteiger partial charge in [-0.1, -0.05) is 12.1 Å². The number of hydrogen-bond donors (Lipinski definition) is 0. The molecule has 0 aliphatic carbocycles. The van der Waals surface area contributed by atoms with Crippen LogP contribution in [0.2, 0.25) is 0 Å². The molecule has 1 fully saturated rings. The van der Waals surface area contributed by atoms with E-state index in [0.29, 0.717) is 5.56 Å². The molecule has 0 saturated carbocycles. The Morgan fingerprint density at radius 1 is 1.30 bits per heavy atom. The van der Waals surface area contributed by atoms with Gasteiger partial charge >= 0.3 is 0 Å². The summed E-state index contributed by atoms with van der Waals surface area (Å²) in [4.78, 5) is 1.04. The number of halogens is 2. The Hall–Kier alpha value is -2.18. The number of piperidine rings is 1. The largest absolute Gasteiger partial charge is 0.367 e. The third-order valence-electron chi connectivity index (χ3n) is 3.21. The maximum absolute atomic E-state index is 13.8. The molecule has 0 radical (unpaired) electrons. The summed E-state index contributed by atoms with van der Waals surface area (Å²) in [5.74, 6) is -3.03. The Kier molecular flexibility index (Phi) is 4.16. The molecule has 0 spiro atoms. The number of ether oxygens (including phenoxy) is 1. The molecule has 4 nitrogen and oxygen atoms in total. The SMILES string of the molecule is N#Cc1ccc(COC2CCN(C#N)CC2(F)F)cc1. The number of likely N-dealkylation sites (tertiary alicyclic amines) is 1. The van der Waals surface area contributed by atoms with E-state index in [4.69, 9.17) is 15.3 Å². The van der Waals surface area contributed by atoms with Gasteiger partial charge in [0.1, 0.15) is 6.10 Å². The molecule has 1 saturated heterocycles. The molecular formula is C14H13F2N3O. The number of nitriles is 2. The molecule has 0 N–H and O–H groups in total. The molecule has 1 aromatic rings. The minimum absolute atomic E-state index is 0.0680. The van der Waals surface area contributed by atoms with Crippen molar-refractivity contribution in [2.45, 2.75) is 25.1 Å². The molecule has 0 bridgehead atoms. The average molecular weight is 277 g/mol. The zero-order valence-electron chi connectivity index (χ0n) is 10.7. The van der Waals surface area contributed by atoms with E-state index in [2.05, 4.69) is 0 Å². The second-order valence-corrected chi connectivity index (χ2v) is 4.68. The quantitative estimate of drug-likeness (QED) is 0.795. The van der Waals surface area contributed by atoms with E-state index >= 15 is 0 Å². The first-order valence-electron chi connectivity index (χ1n) is 6.18. The van der Waals surface area contributed by atoms with Crippen LogP contribution in [0.3, 0.4) is 0 Å². The Labute approximate surface area is 115 Å². The zero-order chi connectivity index (χ0) is 14.6. The topological polar surface area (TPSA) is 60.0 Å². The highest BCUT2D eigenvalue weighted by atomic mass is 19.3. The average Bonchev–Trinajstić information content (AvgIpc) is 2.45. The monoisotopic (exact) mass is 277 g/mol. The number of hydrogen-bond acceptors (Lipinski definition) is 4. The molecule has 1 aliphatic heterocycles. The van der Waals surface area contributed by atoms with E-state index in [1.165, 1.54) is 0 Å². The summed E-state index contributed by atoms with van der Waals surface area (Å²) in [6, 6.07) is 8.59. The summed E-state index contributed by atoms with van der Waals surface area (Å²) in [5, 5.41) is 17.3. The number of benzene rings is 1. The first-order valence-corrected chi connectivity index (χ1v) is 6.18. The smallest absolute Gasteiger partial charge is 0.291 e. The van der Waals surface area contributed by atoms with Crippen molar-refractivity contribution in [2.24, 2.45) is 0 Å². The van der Waals surface area contributed by atoms with Crippen LogP contribution in [0.15, 0.2) is 24.3 Å². The molecular weight excluding hydrogens is 264 g/mol. The predicted molar refractivity (Wildman–Crippen MR) is 66.5 cm³/mol. The van der Waals surface area contributed by atoms with E-state index in [1.54, 1.807) is 30.5 Å². The highest BCUT2D eigenvalue weighted by Gasteiger charge is 2.45. The zero-order valence-corrected chi connectivity index (χ0v) is 10.7. The molecule has 1 aromatic carbocycles. The van der Waals surface area contributed by atoms with Crippen LogP contribution in [0.5, 0.6) is 0 Å². The highest BCUT2D eigenvalue weighted by Crippen LogP contribution is 2.30. The van der Waals surface area contributed by atoms with Gasteiger partial charge in [-0.15, -0.1) is 0 Å². The van der Waals surface area contributed by atoms with Crippen molar-refractivity contribution in [2.75, 3.05) is 13.1 Å². The van der Waals surface area contributed by atoms with E-state index < -0.39 is 18.6 Å². The van der Waals surface area contributed by atoms with Gasteiger partial charge in [-0.2, -0.15) is 10.5 Å². The Balaban J connectivity index is 1.93. The minimum atomic E-state index is -3.03. The first kappa shape index (κ1) is 14.2. The molecule has 1 heterocycles. The molecule has 20 heavy (non-hydrogen) atoms. The van der Waals surface area contributed by atoms with Crippen LogP contribution in [0.4, 0.5) is 8.78 Å². The van der Waals surface area contributed by atoms with Gasteiger partial charge in [0.15, 0.2) is 6.19 Å². The molecule has 0 aromatic heterocycles. The van der Waals surface area contributed by atoms with Crippen molar-refractivity contribution in [1.82, 2.24) is 4.90 Å². The highest BCUT2D eigenvalue weighted by molar-refractivity contribution is 5.31. The lowest BCUT2D eigenvalue weighted by molar-refractivity contribution is -0.170. The van der Waals surface area contributed by atoms with Crippen LogP contribution < -0.4 is 0 Å². The van der Waals surface area contributed by atoms with E-state index in [1.807, 2.05) is 6.07 Å². The number of rotatable bonds is 3. The summed E-state index contributed by atoms with van der Waals surface area (Å²) in [6.45, 7) is -0.246. The van der Waals surface area contributed by atoms with Crippen LogP contribution in [-0.2, 0) is 11.3 Å². The van der Waals surface area contributed by atoms with E-state index in [0.717, 1.165) is 10.5 Å². The molecule has 6 heteroatoms. The summed E-state index contributed by atoms with van der Waals surface area (Å²) >= 11 is 0. The third kappa shape index (κ3) is 3.23. The van der Waals surface area contributed by atoms with Crippen molar-refractivity contribution in [3.63, 3.8) is 0 Å². The van der Waals surface area contributed by atoms with Crippen LogP contribution >= 0.6 is 0 Å². The van der Waals surface area contributed by atoms with Gasteiger partial charge in [0.2, 0.25) is 0 Å². The van der Waals surface area contributed by atoms with Crippen molar-refractivity contribution >= 4 is 0 Å². The maximum atomic E-state index is 13.8. The van der Waals surface area contributed by atoms with E-state index in [-0.39, 0.29) is 19.6 Å². The first-order chi connectivity index (χ1) is 9.55. The van der Waals surface area contributed by atoms with Crippen LogP contribution in [0.25, 0.3) is 0 Å². The van der Waals surface area contributed by atoms with Crippen molar-refractivity contribution in [1.29, 1.82) is 10.5 Å². The summed E-state index contributed by atoms with van der Waals surface area (Å²) < 4.78 is 32.8. The summed E-state index contributed by atoms with van der Waals surface area (Å²) in [6.07, 6.45) is 0.678. The normalized spacial score (nSPS) is 21.0. The van der Waals surface area contributed by atoms with Crippen molar-refractivity contribution < 1.29 is 13.5 Å². The second-order valence-electron chi connectivity index (χ2n) is 4.68. The van der Waals surface area contributed by atoms with Gasteiger partial charge in [-0.3, -0.25) is 0 Å². The fourth-order valence-corrected chi connectivity index (χ4v) is 2.08.